The number of amides is 1. The number of carbonyl (C=O) groups excluding carboxylic acids is 1. The summed E-state index contributed by atoms with van der Waals surface area (Å²) in [6.07, 6.45) is 1.35. The number of aryl methyl sites for hydroxylation is 1. The second kappa shape index (κ2) is 4.89. The molecule has 2 aromatic rings. The zero-order valence-electron chi connectivity index (χ0n) is 10.6. The maximum absolute atomic E-state index is 12.2. The third kappa shape index (κ3) is 2.28. The van der Waals surface area contributed by atoms with E-state index in [1.807, 2.05) is 26.2 Å². The number of nitrogens with one attached hydrogen (secondary N) is 1. The van der Waals surface area contributed by atoms with Crippen LogP contribution in [0.25, 0.3) is 4.96 Å². The van der Waals surface area contributed by atoms with Crippen LogP contribution in [0.4, 0.5) is 0 Å². The molecule has 0 atom stereocenters. The van der Waals surface area contributed by atoms with Crippen molar-refractivity contribution in [3.05, 3.63) is 33.2 Å². The van der Waals surface area contributed by atoms with Crippen LogP contribution in [-0.2, 0) is 0 Å². The third-order valence-corrected chi connectivity index (χ3v) is 3.49. The molecule has 0 spiro atoms. The molecule has 0 unspecified atom stereocenters. The molecule has 0 bridgehead atoms. The fraction of sp³-hybridized carbons (Fsp3) is 0.417. The fourth-order valence-electron chi connectivity index (χ4n) is 1.57. The average molecular weight is 265 g/mol. The van der Waals surface area contributed by atoms with Crippen LogP contribution in [-0.4, -0.2) is 21.8 Å². The van der Waals surface area contributed by atoms with Crippen molar-refractivity contribution < 1.29 is 4.79 Å². The number of fused-ring (bicyclic) bond motifs is 1. The highest BCUT2D eigenvalue weighted by atomic mass is 32.1. The molecule has 0 aliphatic carbocycles. The summed E-state index contributed by atoms with van der Waals surface area (Å²) in [5.41, 5.74) is 0.584. The van der Waals surface area contributed by atoms with Crippen molar-refractivity contribution in [3.8, 4) is 0 Å². The number of hydrogen-bond donors (Lipinski definition) is 1. The zero-order chi connectivity index (χ0) is 13.3. The van der Waals surface area contributed by atoms with Crippen LogP contribution in [0.1, 0.15) is 29.9 Å². The van der Waals surface area contributed by atoms with Crippen molar-refractivity contribution in [1.29, 1.82) is 0 Å². The number of carbonyl (C=O) groups is 1. The Morgan fingerprint density at radius 2 is 2.28 bits per heavy atom. The molecule has 1 N–H and O–H groups in total. The summed E-state index contributed by atoms with van der Waals surface area (Å²) in [7, 11) is 0. The molecule has 2 aromatic heterocycles. The van der Waals surface area contributed by atoms with E-state index in [4.69, 9.17) is 0 Å². The molecule has 0 fully saturated rings. The van der Waals surface area contributed by atoms with Crippen LogP contribution in [0, 0.1) is 12.8 Å². The van der Waals surface area contributed by atoms with Crippen molar-refractivity contribution in [2.24, 2.45) is 5.92 Å². The predicted octanol–water partition coefficient (Wildman–Crippen LogP) is 1.45. The standard InChI is InChI=1S/C12H15N3O2S/c1-7(2)4-13-10(16)9-5-14-12-15(11(9)17)8(3)6-18-12/h5-7H,4H2,1-3H3,(H,13,16). The van der Waals surface area contributed by atoms with Crippen LogP contribution < -0.4 is 10.9 Å². The normalized spacial score (nSPS) is 11.1. The number of nitrogens with zero attached hydrogens (tertiary/aromatic N) is 2. The van der Waals surface area contributed by atoms with E-state index in [0.29, 0.717) is 17.4 Å². The first-order valence-corrected chi connectivity index (χ1v) is 6.62. The van der Waals surface area contributed by atoms with Crippen molar-refractivity contribution in [3.63, 3.8) is 0 Å². The Hall–Kier alpha value is -1.69. The summed E-state index contributed by atoms with van der Waals surface area (Å²) < 4.78 is 1.47. The second-order valence-corrected chi connectivity index (χ2v) is 5.41. The van der Waals surface area contributed by atoms with Gasteiger partial charge in [0.05, 0.1) is 0 Å². The lowest BCUT2D eigenvalue weighted by atomic mass is 10.2. The van der Waals surface area contributed by atoms with Gasteiger partial charge in [-0.25, -0.2) is 4.98 Å². The summed E-state index contributed by atoms with van der Waals surface area (Å²) in [5, 5.41) is 4.57. The number of hydrogen-bond acceptors (Lipinski definition) is 4. The van der Waals surface area contributed by atoms with Gasteiger partial charge >= 0.3 is 0 Å². The monoisotopic (exact) mass is 265 g/mol. The Labute approximate surface area is 108 Å². The van der Waals surface area contributed by atoms with Gasteiger partial charge in [-0.1, -0.05) is 13.8 Å². The van der Waals surface area contributed by atoms with Crippen molar-refractivity contribution in [2.75, 3.05) is 6.54 Å². The quantitative estimate of drug-likeness (QED) is 0.913. The van der Waals surface area contributed by atoms with Gasteiger partial charge in [-0.15, -0.1) is 11.3 Å². The molecule has 96 valence electrons. The fourth-order valence-corrected chi connectivity index (χ4v) is 2.40. The maximum atomic E-state index is 12.2. The molecular weight excluding hydrogens is 250 g/mol. The van der Waals surface area contributed by atoms with Crippen LogP contribution >= 0.6 is 11.3 Å². The smallest absolute Gasteiger partial charge is 0.271 e. The topological polar surface area (TPSA) is 63.5 Å². The first-order valence-electron chi connectivity index (χ1n) is 5.74. The minimum absolute atomic E-state index is 0.0923. The van der Waals surface area contributed by atoms with E-state index >= 15 is 0 Å². The van der Waals surface area contributed by atoms with Crippen LogP contribution in [0.15, 0.2) is 16.4 Å². The molecule has 0 saturated heterocycles. The lowest BCUT2D eigenvalue weighted by Gasteiger charge is -2.07. The highest BCUT2D eigenvalue weighted by Gasteiger charge is 2.14. The van der Waals surface area contributed by atoms with E-state index in [1.165, 1.54) is 21.9 Å². The lowest BCUT2D eigenvalue weighted by molar-refractivity contribution is 0.0947. The Kier molecular flexibility index (Phi) is 3.47. The number of aromatic nitrogens is 2. The van der Waals surface area contributed by atoms with Gasteiger partial charge in [0.25, 0.3) is 11.5 Å². The predicted molar refractivity (Wildman–Crippen MR) is 71.2 cm³/mol. The zero-order valence-corrected chi connectivity index (χ0v) is 11.4. The van der Waals surface area contributed by atoms with Gasteiger partial charge in [0.15, 0.2) is 4.96 Å². The molecule has 0 radical (unpaired) electrons. The number of rotatable bonds is 3. The van der Waals surface area contributed by atoms with E-state index in [1.54, 1.807) is 0 Å². The molecule has 2 heterocycles. The molecule has 0 aromatic carbocycles. The van der Waals surface area contributed by atoms with E-state index in [-0.39, 0.29) is 17.0 Å². The summed E-state index contributed by atoms with van der Waals surface area (Å²) in [5.74, 6) is -0.0162. The average Bonchev–Trinajstić information content (AvgIpc) is 2.69. The number of thiazole rings is 1. The van der Waals surface area contributed by atoms with Gasteiger partial charge in [-0.2, -0.15) is 0 Å². The molecular formula is C12H15N3O2S. The molecule has 5 nitrogen and oxygen atoms in total. The molecule has 18 heavy (non-hydrogen) atoms. The molecule has 0 aliphatic rings. The van der Waals surface area contributed by atoms with E-state index < -0.39 is 0 Å². The molecule has 0 aliphatic heterocycles. The van der Waals surface area contributed by atoms with Gasteiger partial charge in [-0.3, -0.25) is 14.0 Å². The Morgan fingerprint density at radius 3 is 2.94 bits per heavy atom. The van der Waals surface area contributed by atoms with Crippen molar-refractivity contribution in [2.45, 2.75) is 20.8 Å². The van der Waals surface area contributed by atoms with Crippen molar-refractivity contribution >= 4 is 22.2 Å². The van der Waals surface area contributed by atoms with Gasteiger partial charge in [0.1, 0.15) is 5.56 Å². The van der Waals surface area contributed by atoms with Crippen LogP contribution in [0.3, 0.4) is 0 Å². The lowest BCUT2D eigenvalue weighted by Crippen LogP contribution is -2.33. The molecule has 0 saturated carbocycles. The van der Waals surface area contributed by atoms with Gasteiger partial charge in [0, 0.05) is 23.8 Å². The van der Waals surface area contributed by atoms with E-state index in [9.17, 15) is 9.59 Å². The third-order valence-electron chi connectivity index (χ3n) is 2.53. The highest BCUT2D eigenvalue weighted by Crippen LogP contribution is 2.10. The highest BCUT2D eigenvalue weighted by molar-refractivity contribution is 7.15. The Balaban J connectivity index is 2.40. The van der Waals surface area contributed by atoms with Crippen LogP contribution in [0.2, 0.25) is 0 Å². The maximum Gasteiger partial charge on any atom is 0.271 e. The molecule has 6 heteroatoms. The van der Waals surface area contributed by atoms with Gasteiger partial charge < -0.3 is 5.32 Å². The minimum atomic E-state index is -0.360. The van der Waals surface area contributed by atoms with E-state index in [2.05, 4.69) is 10.3 Å². The van der Waals surface area contributed by atoms with Crippen molar-refractivity contribution in [1.82, 2.24) is 14.7 Å². The van der Waals surface area contributed by atoms with Crippen LogP contribution in [0.5, 0.6) is 0 Å². The summed E-state index contributed by atoms with van der Waals surface area (Å²) in [4.78, 5) is 28.8. The SMILES string of the molecule is Cc1csc2ncc(C(=O)NCC(C)C)c(=O)n12. The van der Waals surface area contributed by atoms with Gasteiger partial charge in [-0.05, 0) is 12.8 Å². The summed E-state index contributed by atoms with van der Waals surface area (Å²) in [6.45, 7) is 6.36. The van der Waals surface area contributed by atoms with Gasteiger partial charge in [0.2, 0.25) is 0 Å². The first-order chi connectivity index (χ1) is 8.50. The largest absolute Gasteiger partial charge is 0.352 e. The molecule has 1 amide bonds. The molecule has 2 rings (SSSR count). The first kappa shape index (κ1) is 12.8. The summed E-state index contributed by atoms with van der Waals surface area (Å²) >= 11 is 1.39. The van der Waals surface area contributed by atoms with E-state index in [0.717, 1.165) is 5.69 Å². The Bertz CT molecular complexity index is 642. The Morgan fingerprint density at radius 1 is 1.56 bits per heavy atom. The minimum Gasteiger partial charge on any atom is -0.352 e. The second-order valence-electron chi connectivity index (χ2n) is 4.58. The summed E-state index contributed by atoms with van der Waals surface area (Å²) in [6, 6.07) is 0.